The van der Waals surface area contributed by atoms with Gasteiger partial charge in [-0.25, -0.2) is 0 Å². The highest BCUT2D eigenvalue weighted by molar-refractivity contribution is 5.94. The van der Waals surface area contributed by atoms with Crippen molar-refractivity contribution in [2.45, 2.75) is 13.3 Å². The van der Waals surface area contributed by atoms with Gasteiger partial charge in [0.2, 0.25) is 5.89 Å². The number of benzene rings is 2. The van der Waals surface area contributed by atoms with Gasteiger partial charge in [0.15, 0.2) is 5.82 Å². The van der Waals surface area contributed by atoms with Crippen LogP contribution in [-0.2, 0) is 6.42 Å². The van der Waals surface area contributed by atoms with E-state index in [9.17, 15) is 4.79 Å². The summed E-state index contributed by atoms with van der Waals surface area (Å²) in [6.07, 6.45) is 0.557. The summed E-state index contributed by atoms with van der Waals surface area (Å²) in [5.74, 6) is 1.90. The summed E-state index contributed by atoms with van der Waals surface area (Å²) in [6.45, 7) is 2.27. The number of aryl methyl sites for hydroxylation is 1. The summed E-state index contributed by atoms with van der Waals surface area (Å²) in [7, 11) is 3.41. The lowest BCUT2D eigenvalue weighted by Gasteiger charge is -2.16. The Hall–Kier alpha value is -3.15. The van der Waals surface area contributed by atoms with Crippen LogP contribution in [0.5, 0.6) is 5.75 Å². The smallest absolute Gasteiger partial charge is 0.253 e. The van der Waals surface area contributed by atoms with E-state index in [1.54, 1.807) is 26.0 Å². The standard InChI is InChI=1S/C20H21N3O3/c1-14-21-19(22-26-14)11-12-23(2)20(24)16-9-7-15(8-10-16)17-5-4-6-18(13-17)25-3/h4-10,13H,11-12H2,1-3H3. The number of likely N-dealkylation sites (N-methyl/N-ethyl adjacent to an activating group) is 1. The van der Waals surface area contributed by atoms with Gasteiger partial charge in [-0.1, -0.05) is 29.4 Å². The van der Waals surface area contributed by atoms with Crippen LogP contribution in [-0.4, -0.2) is 41.6 Å². The van der Waals surface area contributed by atoms with Crippen LogP contribution in [0.3, 0.4) is 0 Å². The van der Waals surface area contributed by atoms with E-state index in [1.165, 1.54) is 0 Å². The van der Waals surface area contributed by atoms with Gasteiger partial charge in [0.05, 0.1) is 7.11 Å². The van der Waals surface area contributed by atoms with Crippen LogP contribution in [0, 0.1) is 6.92 Å². The molecule has 0 aliphatic carbocycles. The number of aromatic nitrogens is 2. The second-order valence-corrected chi connectivity index (χ2v) is 6.02. The van der Waals surface area contributed by atoms with E-state index >= 15 is 0 Å². The maximum Gasteiger partial charge on any atom is 0.253 e. The third kappa shape index (κ3) is 4.08. The average molecular weight is 351 g/mol. The van der Waals surface area contributed by atoms with Crippen molar-refractivity contribution >= 4 is 5.91 Å². The molecule has 0 saturated carbocycles. The van der Waals surface area contributed by atoms with Gasteiger partial charge >= 0.3 is 0 Å². The summed E-state index contributed by atoms with van der Waals surface area (Å²) in [6, 6.07) is 15.4. The number of hydrogen-bond acceptors (Lipinski definition) is 5. The van der Waals surface area contributed by atoms with Crippen LogP contribution in [0.15, 0.2) is 53.1 Å². The Morgan fingerprint density at radius 3 is 2.58 bits per heavy atom. The van der Waals surface area contributed by atoms with Crippen molar-refractivity contribution in [2.75, 3.05) is 20.7 Å². The first-order valence-corrected chi connectivity index (χ1v) is 8.36. The third-order valence-corrected chi connectivity index (χ3v) is 4.12. The van der Waals surface area contributed by atoms with Crippen LogP contribution in [0.25, 0.3) is 11.1 Å². The number of rotatable bonds is 6. The van der Waals surface area contributed by atoms with Crippen molar-refractivity contribution < 1.29 is 14.1 Å². The molecule has 3 rings (SSSR count). The van der Waals surface area contributed by atoms with E-state index in [0.717, 1.165) is 16.9 Å². The van der Waals surface area contributed by atoms with Crippen molar-refractivity contribution in [1.29, 1.82) is 0 Å². The molecule has 0 spiro atoms. The summed E-state index contributed by atoms with van der Waals surface area (Å²) >= 11 is 0. The molecule has 0 radical (unpaired) electrons. The number of methoxy groups -OCH3 is 1. The molecule has 0 aliphatic heterocycles. The summed E-state index contributed by atoms with van der Waals surface area (Å²) in [5.41, 5.74) is 2.72. The SMILES string of the molecule is COc1cccc(-c2ccc(C(=O)N(C)CCc3noc(C)n3)cc2)c1. The van der Waals surface area contributed by atoms with Crippen LogP contribution >= 0.6 is 0 Å². The highest BCUT2D eigenvalue weighted by Crippen LogP contribution is 2.24. The molecule has 2 aromatic carbocycles. The zero-order valence-electron chi connectivity index (χ0n) is 15.1. The Labute approximate surface area is 152 Å². The van der Waals surface area contributed by atoms with Crippen molar-refractivity contribution in [3.05, 3.63) is 65.8 Å². The minimum Gasteiger partial charge on any atom is -0.497 e. The molecule has 0 saturated heterocycles. The molecule has 1 heterocycles. The minimum atomic E-state index is -0.0394. The number of carbonyl (C=O) groups excluding carboxylic acids is 1. The molecule has 0 atom stereocenters. The number of nitrogens with zero attached hydrogens (tertiary/aromatic N) is 3. The molecule has 1 aromatic heterocycles. The van der Waals surface area contributed by atoms with Gasteiger partial charge in [-0.2, -0.15) is 4.98 Å². The molecule has 0 unspecified atom stereocenters. The first-order chi connectivity index (χ1) is 12.6. The van der Waals surface area contributed by atoms with Gasteiger partial charge in [0.25, 0.3) is 5.91 Å². The van der Waals surface area contributed by atoms with Crippen molar-refractivity contribution in [2.24, 2.45) is 0 Å². The topological polar surface area (TPSA) is 68.5 Å². The highest BCUT2D eigenvalue weighted by Gasteiger charge is 2.13. The molecule has 6 heteroatoms. The molecule has 0 fully saturated rings. The molecule has 0 aliphatic rings. The lowest BCUT2D eigenvalue weighted by molar-refractivity contribution is 0.0796. The molecule has 6 nitrogen and oxygen atoms in total. The second kappa shape index (κ2) is 7.82. The zero-order chi connectivity index (χ0) is 18.5. The van der Waals surface area contributed by atoms with E-state index in [1.807, 2.05) is 48.5 Å². The predicted molar refractivity (Wildman–Crippen MR) is 98.1 cm³/mol. The van der Waals surface area contributed by atoms with Gasteiger partial charge in [-0.3, -0.25) is 4.79 Å². The quantitative estimate of drug-likeness (QED) is 0.681. The van der Waals surface area contributed by atoms with E-state index in [-0.39, 0.29) is 5.91 Å². The number of amides is 1. The lowest BCUT2D eigenvalue weighted by atomic mass is 10.0. The first-order valence-electron chi connectivity index (χ1n) is 8.36. The number of carbonyl (C=O) groups is 1. The van der Waals surface area contributed by atoms with Crippen molar-refractivity contribution in [1.82, 2.24) is 15.0 Å². The van der Waals surface area contributed by atoms with E-state index in [4.69, 9.17) is 9.26 Å². The predicted octanol–water partition coefficient (Wildman–Crippen LogP) is 3.37. The average Bonchev–Trinajstić information content (AvgIpc) is 3.11. The maximum atomic E-state index is 12.6. The summed E-state index contributed by atoms with van der Waals surface area (Å²) in [5, 5.41) is 3.84. The number of hydrogen-bond donors (Lipinski definition) is 0. The maximum absolute atomic E-state index is 12.6. The Balaban J connectivity index is 1.66. The summed E-state index contributed by atoms with van der Waals surface area (Å²) in [4.78, 5) is 18.4. The molecular formula is C20H21N3O3. The fraction of sp³-hybridized carbons (Fsp3) is 0.250. The van der Waals surface area contributed by atoms with Crippen molar-refractivity contribution in [3.63, 3.8) is 0 Å². The fourth-order valence-electron chi connectivity index (χ4n) is 2.64. The Morgan fingerprint density at radius 2 is 1.92 bits per heavy atom. The lowest BCUT2D eigenvalue weighted by Crippen LogP contribution is -2.29. The van der Waals surface area contributed by atoms with Gasteiger partial charge in [-0.15, -0.1) is 0 Å². The highest BCUT2D eigenvalue weighted by atomic mass is 16.5. The Bertz CT molecular complexity index is 887. The molecule has 134 valence electrons. The Kier molecular flexibility index (Phi) is 5.31. The van der Waals surface area contributed by atoms with Crippen molar-refractivity contribution in [3.8, 4) is 16.9 Å². The fourth-order valence-corrected chi connectivity index (χ4v) is 2.64. The molecule has 1 amide bonds. The molecule has 3 aromatic rings. The van der Waals surface area contributed by atoms with E-state index in [2.05, 4.69) is 10.1 Å². The first kappa shape index (κ1) is 17.7. The van der Waals surface area contributed by atoms with Gasteiger partial charge in [0, 0.05) is 32.5 Å². The monoisotopic (exact) mass is 351 g/mol. The zero-order valence-corrected chi connectivity index (χ0v) is 15.1. The summed E-state index contributed by atoms with van der Waals surface area (Å²) < 4.78 is 10.2. The normalized spacial score (nSPS) is 10.6. The second-order valence-electron chi connectivity index (χ2n) is 6.02. The van der Waals surface area contributed by atoms with Gasteiger partial charge < -0.3 is 14.2 Å². The van der Waals surface area contributed by atoms with Crippen LogP contribution in [0.1, 0.15) is 22.1 Å². The van der Waals surface area contributed by atoms with Crippen LogP contribution in [0.4, 0.5) is 0 Å². The number of ether oxygens (including phenoxy) is 1. The Morgan fingerprint density at radius 1 is 1.15 bits per heavy atom. The molecular weight excluding hydrogens is 330 g/mol. The third-order valence-electron chi connectivity index (χ3n) is 4.12. The minimum absolute atomic E-state index is 0.0394. The molecule has 0 N–H and O–H groups in total. The molecule has 26 heavy (non-hydrogen) atoms. The molecule has 0 bridgehead atoms. The van der Waals surface area contributed by atoms with Gasteiger partial charge in [-0.05, 0) is 35.4 Å². The largest absolute Gasteiger partial charge is 0.497 e. The van der Waals surface area contributed by atoms with E-state index in [0.29, 0.717) is 30.2 Å². The van der Waals surface area contributed by atoms with E-state index < -0.39 is 0 Å². The van der Waals surface area contributed by atoms with Crippen LogP contribution < -0.4 is 4.74 Å². The van der Waals surface area contributed by atoms with Gasteiger partial charge in [0.1, 0.15) is 5.75 Å². The van der Waals surface area contributed by atoms with Crippen LogP contribution in [0.2, 0.25) is 0 Å².